The third kappa shape index (κ3) is 2.38. The second-order valence-corrected chi connectivity index (χ2v) is 5.18. The average Bonchev–Trinajstić information content (AvgIpc) is 3.11. The molecule has 1 saturated heterocycles. The molecule has 3 rings (SSSR count). The van der Waals surface area contributed by atoms with Crippen molar-refractivity contribution in [2.75, 3.05) is 13.7 Å². The first kappa shape index (κ1) is 13.6. The second kappa shape index (κ2) is 5.21. The smallest absolute Gasteiger partial charge is 0.326 e. The van der Waals surface area contributed by atoms with Gasteiger partial charge in [-0.25, -0.2) is 4.79 Å². The van der Waals surface area contributed by atoms with Crippen LogP contribution in [0.2, 0.25) is 0 Å². The molecule has 2 atom stereocenters. The Morgan fingerprint density at radius 2 is 2.19 bits per heavy atom. The number of hydrogen-bond acceptors (Lipinski definition) is 3. The minimum absolute atomic E-state index is 0.231. The third-order valence-electron chi connectivity index (χ3n) is 3.94. The highest BCUT2D eigenvalue weighted by atomic mass is 16.5. The van der Waals surface area contributed by atoms with E-state index in [1.807, 2.05) is 12.1 Å². The molecule has 2 aromatic rings. The number of nitrogens with one attached hydrogen (secondary N) is 1. The fourth-order valence-corrected chi connectivity index (χ4v) is 2.78. The van der Waals surface area contributed by atoms with E-state index in [1.54, 1.807) is 18.3 Å². The Bertz CT molecular complexity index is 694. The van der Waals surface area contributed by atoms with Crippen LogP contribution in [0.25, 0.3) is 10.9 Å². The van der Waals surface area contributed by atoms with Crippen LogP contribution in [0.4, 0.5) is 0 Å². The van der Waals surface area contributed by atoms with Crippen molar-refractivity contribution in [3.05, 3.63) is 36.0 Å². The molecule has 0 saturated carbocycles. The standard InChI is InChI=1S/C15H16N2O4/c1-21-11-7-13(15(19)20)17(8-11)14(18)10-2-3-12-9(6-10)4-5-16-12/h2-6,11,13,16H,7-8H2,1H3,(H,19,20). The number of aromatic nitrogens is 1. The van der Waals surface area contributed by atoms with Gasteiger partial charge in [-0.15, -0.1) is 0 Å². The SMILES string of the molecule is COC1CC(C(=O)O)N(C(=O)c2ccc3[nH]ccc3c2)C1. The zero-order valence-electron chi connectivity index (χ0n) is 11.6. The Hall–Kier alpha value is -2.34. The number of fused-ring (bicyclic) bond motifs is 1. The Morgan fingerprint density at radius 1 is 1.38 bits per heavy atom. The van der Waals surface area contributed by atoms with Gasteiger partial charge in [0.25, 0.3) is 5.91 Å². The topological polar surface area (TPSA) is 82.6 Å². The summed E-state index contributed by atoms with van der Waals surface area (Å²) in [6.07, 6.45) is 1.89. The van der Waals surface area contributed by atoms with Gasteiger partial charge in [0.1, 0.15) is 6.04 Å². The van der Waals surface area contributed by atoms with E-state index in [-0.39, 0.29) is 12.0 Å². The molecule has 1 aliphatic rings. The van der Waals surface area contributed by atoms with Crippen molar-refractivity contribution in [3.8, 4) is 0 Å². The van der Waals surface area contributed by atoms with Gasteiger partial charge in [-0.3, -0.25) is 4.79 Å². The lowest BCUT2D eigenvalue weighted by molar-refractivity contribution is -0.141. The van der Waals surface area contributed by atoms with Crippen LogP contribution in [0.1, 0.15) is 16.8 Å². The number of aromatic amines is 1. The molecule has 21 heavy (non-hydrogen) atoms. The van der Waals surface area contributed by atoms with Crippen molar-refractivity contribution in [3.63, 3.8) is 0 Å². The zero-order valence-corrected chi connectivity index (χ0v) is 11.6. The summed E-state index contributed by atoms with van der Waals surface area (Å²) in [5, 5.41) is 10.2. The van der Waals surface area contributed by atoms with Crippen LogP contribution in [0.3, 0.4) is 0 Å². The van der Waals surface area contributed by atoms with E-state index in [0.29, 0.717) is 18.5 Å². The van der Waals surface area contributed by atoms with Gasteiger partial charge in [-0.05, 0) is 24.3 Å². The van der Waals surface area contributed by atoms with Crippen molar-refractivity contribution in [1.82, 2.24) is 9.88 Å². The third-order valence-corrected chi connectivity index (χ3v) is 3.94. The van der Waals surface area contributed by atoms with Crippen LogP contribution in [0.5, 0.6) is 0 Å². The maximum Gasteiger partial charge on any atom is 0.326 e. The van der Waals surface area contributed by atoms with E-state index < -0.39 is 12.0 Å². The molecule has 0 radical (unpaired) electrons. The highest BCUT2D eigenvalue weighted by Crippen LogP contribution is 2.24. The molecule has 1 aromatic heterocycles. The van der Waals surface area contributed by atoms with E-state index in [1.165, 1.54) is 12.0 Å². The van der Waals surface area contributed by atoms with Crippen molar-refractivity contribution in [1.29, 1.82) is 0 Å². The summed E-state index contributed by atoms with van der Waals surface area (Å²) < 4.78 is 5.20. The number of carboxylic acids is 1. The number of carboxylic acid groups (broad SMARTS) is 1. The van der Waals surface area contributed by atoms with Crippen LogP contribution in [-0.2, 0) is 9.53 Å². The van der Waals surface area contributed by atoms with Crippen molar-refractivity contribution in [2.24, 2.45) is 0 Å². The number of aliphatic carboxylic acids is 1. The van der Waals surface area contributed by atoms with Crippen LogP contribution in [0.15, 0.2) is 30.5 Å². The molecule has 0 bridgehead atoms. The average molecular weight is 288 g/mol. The van der Waals surface area contributed by atoms with E-state index >= 15 is 0 Å². The molecule has 6 heteroatoms. The monoisotopic (exact) mass is 288 g/mol. The summed E-state index contributed by atoms with van der Waals surface area (Å²) in [5.74, 6) is -1.27. The van der Waals surface area contributed by atoms with Gasteiger partial charge < -0.3 is 19.7 Å². The van der Waals surface area contributed by atoms with E-state index in [9.17, 15) is 14.7 Å². The van der Waals surface area contributed by atoms with Crippen molar-refractivity contribution < 1.29 is 19.4 Å². The molecule has 1 fully saturated rings. The molecule has 1 aliphatic heterocycles. The molecule has 2 heterocycles. The summed E-state index contributed by atoms with van der Waals surface area (Å²) in [6, 6.07) is 6.35. The molecule has 110 valence electrons. The van der Waals surface area contributed by atoms with Crippen LogP contribution < -0.4 is 0 Å². The van der Waals surface area contributed by atoms with E-state index in [4.69, 9.17) is 4.74 Å². The van der Waals surface area contributed by atoms with E-state index in [2.05, 4.69) is 4.98 Å². The first-order valence-corrected chi connectivity index (χ1v) is 6.74. The number of ether oxygens (including phenoxy) is 1. The van der Waals surface area contributed by atoms with Gasteiger partial charge in [0.05, 0.1) is 6.10 Å². The number of carbonyl (C=O) groups excluding carboxylic acids is 1. The maximum atomic E-state index is 12.6. The lowest BCUT2D eigenvalue weighted by atomic mass is 10.1. The van der Waals surface area contributed by atoms with Crippen LogP contribution >= 0.6 is 0 Å². The molecular weight excluding hydrogens is 272 g/mol. The number of hydrogen-bond donors (Lipinski definition) is 2. The first-order valence-electron chi connectivity index (χ1n) is 6.74. The lowest BCUT2D eigenvalue weighted by Gasteiger charge is -2.21. The molecule has 6 nitrogen and oxygen atoms in total. The molecule has 2 N–H and O–H groups in total. The molecule has 1 aromatic carbocycles. The first-order chi connectivity index (χ1) is 10.1. The fraction of sp³-hybridized carbons (Fsp3) is 0.333. The molecule has 0 aliphatic carbocycles. The van der Waals surface area contributed by atoms with Gasteiger partial charge in [-0.2, -0.15) is 0 Å². The fourth-order valence-electron chi connectivity index (χ4n) is 2.78. The van der Waals surface area contributed by atoms with Crippen molar-refractivity contribution in [2.45, 2.75) is 18.6 Å². The quantitative estimate of drug-likeness (QED) is 0.896. The summed E-state index contributed by atoms with van der Waals surface area (Å²) >= 11 is 0. The van der Waals surface area contributed by atoms with Gasteiger partial charge in [-0.1, -0.05) is 0 Å². The number of benzene rings is 1. The van der Waals surface area contributed by atoms with Crippen molar-refractivity contribution >= 4 is 22.8 Å². The number of carbonyl (C=O) groups is 2. The normalized spacial score (nSPS) is 21.9. The number of rotatable bonds is 3. The second-order valence-electron chi connectivity index (χ2n) is 5.18. The maximum absolute atomic E-state index is 12.6. The van der Waals surface area contributed by atoms with Gasteiger partial charge >= 0.3 is 5.97 Å². The largest absolute Gasteiger partial charge is 0.480 e. The van der Waals surface area contributed by atoms with Gasteiger partial charge in [0, 0.05) is 42.7 Å². The summed E-state index contributed by atoms with van der Waals surface area (Å²) in [6.45, 7) is 0.303. The number of H-pyrrole nitrogens is 1. The Balaban J connectivity index is 1.90. The number of likely N-dealkylation sites (tertiary alicyclic amines) is 1. The zero-order chi connectivity index (χ0) is 15.0. The summed E-state index contributed by atoms with van der Waals surface area (Å²) in [4.78, 5) is 28.4. The number of amides is 1. The number of nitrogens with zero attached hydrogens (tertiary/aromatic N) is 1. The lowest BCUT2D eigenvalue weighted by Crippen LogP contribution is -2.40. The summed E-state index contributed by atoms with van der Waals surface area (Å²) in [5.41, 5.74) is 1.43. The minimum Gasteiger partial charge on any atom is -0.480 e. The van der Waals surface area contributed by atoms with Crippen LogP contribution in [-0.4, -0.2) is 52.7 Å². The van der Waals surface area contributed by atoms with Gasteiger partial charge in [0.2, 0.25) is 0 Å². The minimum atomic E-state index is -0.995. The predicted molar refractivity (Wildman–Crippen MR) is 76.2 cm³/mol. The predicted octanol–water partition coefficient (Wildman–Crippen LogP) is 1.48. The molecule has 1 amide bonds. The number of methoxy groups -OCH3 is 1. The Labute approximate surface area is 121 Å². The Kier molecular flexibility index (Phi) is 3.39. The molecule has 2 unspecified atom stereocenters. The summed E-state index contributed by atoms with van der Waals surface area (Å²) in [7, 11) is 1.53. The molecular formula is C15H16N2O4. The highest BCUT2D eigenvalue weighted by molar-refractivity contribution is 6.00. The van der Waals surface area contributed by atoms with Crippen LogP contribution in [0, 0.1) is 0 Å². The Morgan fingerprint density at radius 3 is 2.90 bits per heavy atom. The van der Waals surface area contributed by atoms with Gasteiger partial charge in [0.15, 0.2) is 0 Å². The highest BCUT2D eigenvalue weighted by Gasteiger charge is 2.40. The molecule has 0 spiro atoms. The van der Waals surface area contributed by atoms with E-state index in [0.717, 1.165) is 10.9 Å².